The molecule has 0 aliphatic carbocycles. The van der Waals surface area contributed by atoms with Crippen LogP contribution < -0.4 is 15.0 Å². The van der Waals surface area contributed by atoms with Crippen molar-refractivity contribution in [1.82, 2.24) is 5.32 Å². The molecule has 0 bridgehead atoms. The van der Waals surface area contributed by atoms with Gasteiger partial charge in [0, 0.05) is 5.56 Å². The third kappa shape index (κ3) is 3.74. The number of barbiturate groups is 1. The first kappa shape index (κ1) is 18.4. The number of aryl methyl sites for hydroxylation is 2. The predicted octanol–water partition coefficient (Wildman–Crippen LogP) is 3.37. The van der Waals surface area contributed by atoms with Gasteiger partial charge < -0.3 is 4.74 Å². The molecule has 1 heterocycles. The number of imide groups is 2. The first-order valence-corrected chi connectivity index (χ1v) is 8.62. The fourth-order valence-electron chi connectivity index (χ4n) is 3.01. The Morgan fingerprint density at radius 1 is 1.04 bits per heavy atom. The Balaban J connectivity index is 2.05. The van der Waals surface area contributed by atoms with Gasteiger partial charge in [-0.3, -0.25) is 14.9 Å². The number of amides is 4. The Kier molecular flexibility index (Phi) is 5.07. The molecule has 2 aromatic carbocycles. The Hall–Kier alpha value is -3.41. The van der Waals surface area contributed by atoms with Crippen molar-refractivity contribution in [3.05, 3.63) is 64.7 Å². The molecule has 1 saturated heterocycles. The van der Waals surface area contributed by atoms with E-state index in [0.29, 0.717) is 23.6 Å². The average molecular weight is 364 g/mol. The molecule has 1 fully saturated rings. The molecule has 6 nitrogen and oxygen atoms in total. The molecule has 3 rings (SSSR count). The zero-order valence-electron chi connectivity index (χ0n) is 15.4. The summed E-state index contributed by atoms with van der Waals surface area (Å²) in [7, 11) is 0. The number of nitrogens with one attached hydrogen (secondary N) is 1. The van der Waals surface area contributed by atoms with Gasteiger partial charge in [0.05, 0.1) is 12.3 Å². The van der Waals surface area contributed by atoms with Crippen LogP contribution >= 0.6 is 0 Å². The molecular formula is C21H20N2O4. The van der Waals surface area contributed by atoms with E-state index in [-0.39, 0.29) is 5.57 Å². The third-order valence-corrected chi connectivity index (χ3v) is 4.09. The first-order chi connectivity index (χ1) is 12.9. The topological polar surface area (TPSA) is 75.7 Å². The van der Waals surface area contributed by atoms with Crippen molar-refractivity contribution in [2.75, 3.05) is 11.5 Å². The first-order valence-electron chi connectivity index (χ1n) is 8.62. The number of nitrogens with zero attached hydrogens (tertiary/aromatic N) is 1. The van der Waals surface area contributed by atoms with E-state index in [4.69, 9.17) is 4.74 Å². The lowest BCUT2D eigenvalue weighted by atomic mass is 10.0. The Bertz CT molecular complexity index is 942. The van der Waals surface area contributed by atoms with Crippen LogP contribution in [0.4, 0.5) is 10.5 Å². The molecule has 0 aromatic heterocycles. The second-order valence-electron chi connectivity index (χ2n) is 6.27. The maximum absolute atomic E-state index is 13.0. The van der Waals surface area contributed by atoms with Gasteiger partial charge in [0.15, 0.2) is 0 Å². The number of rotatable bonds is 4. The maximum atomic E-state index is 13.0. The molecule has 1 aliphatic rings. The average Bonchev–Trinajstić information content (AvgIpc) is 2.59. The highest BCUT2D eigenvalue weighted by molar-refractivity contribution is 6.39. The summed E-state index contributed by atoms with van der Waals surface area (Å²) in [6.07, 6.45) is 1.45. The van der Waals surface area contributed by atoms with Crippen LogP contribution in [0.25, 0.3) is 6.08 Å². The van der Waals surface area contributed by atoms with Crippen LogP contribution in [-0.2, 0) is 9.59 Å². The molecule has 27 heavy (non-hydrogen) atoms. The molecule has 0 spiro atoms. The van der Waals surface area contributed by atoms with Crippen molar-refractivity contribution < 1.29 is 19.1 Å². The summed E-state index contributed by atoms with van der Waals surface area (Å²) in [4.78, 5) is 38.6. The van der Waals surface area contributed by atoms with Crippen LogP contribution in [0.3, 0.4) is 0 Å². The lowest BCUT2D eigenvalue weighted by Gasteiger charge is -2.27. The molecule has 1 aliphatic heterocycles. The second kappa shape index (κ2) is 7.45. The minimum atomic E-state index is -0.759. The highest BCUT2D eigenvalue weighted by Gasteiger charge is 2.37. The van der Waals surface area contributed by atoms with Gasteiger partial charge in [-0.2, -0.15) is 0 Å². The Morgan fingerprint density at radius 3 is 2.37 bits per heavy atom. The summed E-state index contributed by atoms with van der Waals surface area (Å²) in [6.45, 7) is 6.06. The van der Waals surface area contributed by atoms with Crippen LogP contribution in [0, 0.1) is 13.8 Å². The summed E-state index contributed by atoms with van der Waals surface area (Å²) >= 11 is 0. The monoisotopic (exact) mass is 364 g/mol. The second-order valence-corrected chi connectivity index (χ2v) is 6.27. The van der Waals surface area contributed by atoms with Crippen LogP contribution in [0.5, 0.6) is 5.75 Å². The van der Waals surface area contributed by atoms with Gasteiger partial charge in [0.2, 0.25) is 0 Å². The number of para-hydroxylation sites is 1. The number of hydrogen-bond donors (Lipinski definition) is 1. The van der Waals surface area contributed by atoms with E-state index < -0.39 is 17.8 Å². The quantitative estimate of drug-likeness (QED) is 0.667. The standard InChI is InChI=1S/C21H20N2O4/c1-4-27-18-8-6-5-7-15(18)12-17-19(24)22-21(26)23(20(17)25)16-10-13(2)9-14(3)11-16/h5-12H,4H2,1-3H3,(H,22,24,26)/b17-12+. The fourth-order valence-corrected chi connectivity index (χ4v) is 3.01. The molecule has 4 amide bonds. The van der Waals surface area contributed by atoms with Gasteiger partial charge in [-0.15, -0.1) is 0 Å². The summed E-state index contributed by atoms with van der Waals surface area (Å²) in [5.41, 5.74) is 2.71. The fraction of sp³-hybridized carbons (Fsp3) is 0.190. The maximum Gasteiger partial charge on any atom is 0.335 e. The van der Waals surface area contributed by atoms with Gasteiger partial charge in [-0.1, -0.05) is 24.3 Å². The molecule has 1 N–H and O–H groups in total. The molecule has 0 saturated carbocycles. The van der Waals surface area contributed by atoms with Gasteiger partial charge in [0.25, 0.3) is 11.8 Å². The van der Waals surface area contributed by atoms with E-state index in [2.05, 4.69) is 5.32 Å². The van der Waals surface area contributed by atoms with E-state index in [1.165, 1.54) is 6.08 Å². The number of urea groups is 1. The molecule has 2 aromatic rings. The summed E-state index contributed by atoms with van der Waals surface area (Å²) in [5, 5.41) is 2.24. The van der Waals surface area contributed by atoms with E-state index in [9.17, 15) is 14.4 Å². The number of carbonyl (C=O) groups excluding carboxylic acids is 3. The number of anilines is 1. The SMILES string of the molecule is CCOc1ccccc1/C=C1\C(=O)NC(=O)N(c2cc(C)cc(C)c2)C1=O. The zero-order valence-corrected chi connectivity index (χ0v) is 15.4. The number of carbonyl (C=O) groups is 3. The minimum absolute atomic E-state index is 0.124. The zero-order chi connectivity index (χ0) is 19.6. The highest BCUT2D eigenvalue weighted by Crippen LogP contribution is 2.26. The van der Waals surface area contributed by atoms with Crippen molar-refractivity contribution in [2.24, 2.45) is 0 Å². The predicted molar refractivity (Wildman–Crippen MR) is 103 cm³/mol. The molecule has 0 unspecified atom stereocenters. The van der Waals surface area contributed by atoms with Gasteiger partial charge in [0.1, 0.15) is 11.3 Å². The highest BCUT2D eigenvalue weighted by atomic mass is 16.5. The number of hydrogen-bond acceptors (Lipinski definition) is 4. The van der Waals surface area contributed by atoms with Crippen molar-refractivity contribution in [3.63, 3.8) is 0 Å². The van der Waals surface area contributed by atoms with E-state index in [1.807, 2.05) is 26.8 Å². The molecule has 6 heteroatoms. The van der Waals surface area contributed by atoms with Gasteiger partial charge >= 0.3 is 6.03 Å². The molecule has 0 atom stereocenters. The van der Waals surface area contributed by atoms with Crippen LogP contribution in [0.2, 0.25) is 0 Å². The third-order valence-electron chi connectivity index (χ3n) is 4.09. The van der Waals surface area contributed by atoms with E-state index in [1.54, 1.807) is 36.4 Å². The molecular weight excluding hydrogens is 344 g/mol. The van der Waals surface area contributed by atoms with Crippen molar-refractivity contribution >= 4 is 29.6 Å². The van der Waals surface area contributed by atoms with Gasteiger partial charge in [-0.25, -0.2) is 9.69 Å². The van der Waals surface area contributed by atoms with E-state index >= 15 is 0 Å². The lowest BCUT2D eigenvalue weighted by molar-refractivity contribution is -0.122. The normalized spacial score (nSPS) is 15.9. The molecule has 0 radical (unpaired) electrons. The van der Waals surface area contributed by atoms with Crippen LogP contribution in [0.1, 0.15) is 23.6 Å². The van der Waals surface area contributed by atoms with Crippen molar-refractivity contribution in [3.8, 4) is 5.75 Å². The lowest BCUT2D eigenvalue weighted by Crippen LogP contribution is -2.54. The summed E-state index contributed by atoms with van der Waals surface area (Å²) < 4.78 is 5.54. The Labute approximate surface area is 157 Å². The van der Waals surface area contributed by atoms with E-state index in [0.717, 1.165) is 16.0 Å². The Morgan fingerprint density at radius 2 is 1.70 bits per heavy atom. The van der Waals surface area contributed by atoms with Crippen LogP contribution in [0.15, 0.2) is 48.0 Å². The number of benzene rings is 2. The molecule has 138 valence electrons. The minimum Gasteiger partial charge on any atom is -0.493 e. The summed E-state index contributed by atoms with van der Waals surface area (Å²) in [6, 6.07) is 11.7. The number of ether oxygens (including phenoxy) is 1. The largest absolute Gasteiger partial charge is 0.493 e. The van der Waals surface area contributed by atoms with Crippen molar-refractivity contribution in [1.29, 1.82) is 0 Å². The smallest absolute Gasteiger partial charge is 0.335 e. The van der Waals surface area contributed by atoms with Gasteiger partial charge in [-0.05, 0) is 56.2 Å². The summed E-state index contributed by atoms with van der Waals surface area (Å²) in [5.74, 6) is -0.833. The van der Waals surface area contributed by atoms with Crippen LogP contribution in [-0.4, -0.2) is 24.5 Å². The van der Waals surface area contributed by atoms with Crippen molar-refractivity contribution in [2.45, 2.75) is 20.8 Å².